The number of anilines is 1. The van der Waals surface area contributed by atoms with Gasteiger partial charge < -0.3 is 20.1 Å². The lowest BCUT2D eigenvalue weighted by Gasteiger charge is -2.26. The van der Waals surface area contributed by atoms with Gasteiger partial charge in [-0.2, -0.15) is 0 Å². The predicted molar refractivity (Wildman–Crippen MR) is 87.2 cm³/mol. The topological polar surface area (TPSA) is 64.8 Å². The summed E-state index contributed by atoms with van der Waals surface area (Å²) in [6.45, 7) is 6.13. The number of nitrogen functional groups attached to an aromatic ring is 1. The highest BCUT2D eigenvalue weighted by molar-refractivity contribution is 5.93. The molecule has 1 aliphatic heterocycles. The van der Waals surface area contributed by atoms with Crippen LogP contribution in [-0.4, -0.2) is 43.7 Å². The van der Waals surface area contributed by atoms with Crippen molar-refractivity contribution in [1.29, 1.82) is 0 Å². The fraction of sp³-hybridized carbons (Fsp3) is 0.588. The molecule has 0 aliphatic carbocycles. The lowest BCUT2D eigenvalue weighted by molar-refractivity contribution is 0.0521. The maximum atomic E-state index is 11.9. The lowest BCUT2D eigenvalue weighted by Crippen LogP contribution is -2.31. The number of hydrogen-bond donors (Lipinski definition) is 1. The van der Waals surface area contributed by atoms with Crippen molar-refractivity contribution >= 4 is 11.7 Å². The van der Waals surface area contributed by atoms with Crippen LogP contribution in [0.2, 0.25) is 0 Å². The summed E-state index contributed by atoms with van der Waals surface area (Å²) in [4.78, 5) is 14.4. The van der Waals surface area contributed by atoms with E-state index in [-0.39, 0.29) is 5.97 Å². The van der Waals surface area contributed by atoms with Crippen molar-refractivity contribution in [2.75, 3.05) is 38.6 Å². The maximum Gasteiger partial charge on any atom is 0.341 e. The Labute approximate surface area is 132 Å². The van der Waals surface area contributed by atoms with Crippen molar-refractivity contribution in [1.82, 2.24) is 4.90 Å². The number of hydrogen-bond acceptors (Lipinski definition) is 5. The van der Waals surface area contributed by atoms with E-state index in [4.69, 9.17) is 15.2 Å². The summed E-state index contributed by atoms with van der Waals surface area (Å²) < 4.78 is 10.8. The molecule has 1 aliphatic rings. The summed E-state index contributed by atoms with van der Waals surface area (Å²) in [5.74, 6) is 0.159. The van der Waals surface area contributed by atoms with E-state index in [2.05, 4.69) is 4.90 Å². The van der Waals surface area contributed by atoms with Crippen LogP contribution in [0.15, 0.2) is 18.2 Å². The van der Waals surface area contributed by atoms with Crippen LogP contribution in [0.1, 0.15) is 43.0 Å². The smallest absolute Gasteiger partial charge is 0.341 e. The molecule has 1 fully saturated rings. The molecule has 0 aromatic heterocycles. The third-order valence-electron chi connectivity index (χ3n) is 3.82. The Morgan fingerprint density at radius 1 is 1.27 bits per heavy atom. The van der Waals surface area contributed by atoms with Crippen molar-refractivity contribution in [3.63, 3.8) is 0 Å². The average Bonchev–Trinajstić information content (AvgIpc) is 2.54. The minimum absolute atomic E-state index is 0.335. The Morgan fingerprint density at radius 3 is 2.77 bits per heavy atom. The number of carbonyl (C=O) groups excluding carboxylic acids is 1. The maximum absolute atomic E-state index is 11.9. The molecule has 1 heterocycles. The van der Waals surface area contributed by atoms with Crippen LogP contribution in [-0.2, 0) is 4.74 Å². The van der Waals surface area contributed by atoms with E-state index in [0.717, 1.165) is 13.0 Å². The first-order chi connectivity index (χ1) is 10.7. The number of likely N-dealkylation sites (tertiary alicyclic amines) is 1. The highest BCUT2D eigenvalue weighted by Gasteiger charge is 2.15. The van der Waals surface area contributed by atoms with Gasteiger partial charge in [0.05, 0.1) is 13.2 Å². The van der Waals surface area contributed by atoms with E-state index in [1.54, 1.807) is 25.1 Å². The molecule has 0 unspecified atom stereocenters. The number of carbonyl (C=O) groups is 1. The van der Waals surface area contributed by atoms with Crippen molar-refractivity contribution < 1.29 is 14.3 Å². The monoisotopic (exact) mass is 306 g/mol. The zero-order valence-corrected chi connectivity index (χ0v) is 13.3. The third-order valence-corrected chi connectivity index (χ3v) is 3.82. The molecule has 0 amide bonds. The molecule has 1 aromatic carbocycles. The van der Waals surface area contributed by atoms with Gasteiger partial charge in [-0.15, -0.1) is 0 Å². The summed E-state index contributed by atoms with van der Waals surface area (Å²) in [5, 5.41) is 0. The van der Waals surface area contributed by atoms with Gasteiger partial charge in [-0.25, -0.2) is 4.79 Å². The van der Waals surface area contributed by atoms with Crippen LogP contribution in [0.5, 0.6) is 5.75 Å². The number of ether oxygens (including phenoxy) is 2. The lowest BCUT2D eigenvalue weighted by atomic mass is 10.1. The van der Waals surface area contributed by atoms with Crippen LogP contribution >= 0.6 is 0 Å². The van der Waals surface area contributed by atoms with Gasteiger partial charge >= 0.3 is 5.97 Å². The molecule has 2 rings (SSSR count). The Bertz CT molecular complexity index is 485. The molecule has 122 valence electrons. The Hall–Kier alpha value is -1.75. The fourth-order valence-electron chi connectivity index (χ4n) is 2.70. The van der Waals surface area contributed by atoms with Gasteiger partial charge in [0, 0.05) is 12.2 Å². The van der Waals surface area contributed by atoms with Gasteiger partial charge in [0.1, 0.15) is 11.3 Å². The first kappa shape index (κ1) is 16.6. The van der Waals surface area contributed by atoms with Crippen LogP contribution in [0.4, 0.5) is 5.69 Å². The summed E-state index contributed by atoms with van der Waals surface area (Å²) >= 11 is 0. The third kappa shape index (κ3) is 4.91. The highest BCUT2D eigenvalue weighted by atomic mass is 16.5. The SMILES string of the molecule is CCOC(=O)c1cc(N)ccc1OCCCN1CCCCC1. The zero-order chi connectivity index (χ0) is 15.8. The molecule has 5 heteroatoms. The highest BCUT2D eigenvalue weighted by Crippen LogP contribution is 2.22. The predicted octanol–water partition coefficient (Wildman–Crippen LogP) is 2.70. The van der Waals surface area contributed by atoms with E-state index in [9.17, 15) is 4.79 Å². The molecule has 0 radical (unpaired) electrons. The van der Waals surface area contributed by atoms with Crippen molar-refractivity contribution in [3.05, 3.63) is 23.8 Å². The van der Waals surface area contributed by atoms with E-state index in [1.165, 1.54) is 32.4 Å². The second-order valence-electron chi connectivity index (χ2n) is 5.58. The number of nitrogens with zero attached hydrogens (tertiary/aromatic N) is 1. The second kappa shape index (κ2) is 8.63. The van der Waals surface area contributed by atoms with Crippen molar-refractivity contribution in [2.45, 2.75) is 32.6 Å². The number of benzene rings is 1. The normalized spacial score (nSPS) is 15.5. The average molecular weight is 306 g/mol. The summed E-state index contributed by atoms with van der Waals surface area (Å²) in [6.07, 6.45) is 4.89. The number of rotatable bonds is 7. The Balaban J connectivity index is 1.84. The van der Waals surface area contributed by atoms with Crippen molar-refractivity contribution in [2.24, 2.45) is 0 Å². The molecular weight excluding hydrogens is 280 g/mol. The molecule has 1 aromatic rings. The standard InChI is InChI=1S/C17H26N2O3/c1-2-21-17(20)15-13-14(18)7-8-16(15)22-12-6-11-19-9-4-3-5-10-19/h7-8,13H,2-6,9-12,18H2,1H3. The molecule has 0 saturated carbocycles. The van der Waals surface area contributed by atoms with Crippen LogP contribution < -0.4 is 10.5 Å². The van der Waals surface area contributed by atoms with E-state index < -0.39 is 0 Å². The van der Waals surface area contributed by atoms with Crippen LogP contribution in [0.25, 0.3) is 0 Å². The van der Waals surface area contributed by atoms with Crippen LogP contribution in [0.3, 0.4) is 0 Å². The van der Waals surface area contributed by atoms with Gasteiger partial charge in [-0.1, -0.05) is 6.42 Å². The fourth-order valence-corrected chi connectivity index (χ4v) is 2.70. The van der Waals surface area contributed by atoms with Gasteiger partial charge in [0.2, 0.25) is 0 Å². The van der Waals surface area contributed by atoms with E-state index in [0.29, 0.717) is 30.2 Å². The van der Waals surface area contributed by atoms with Gasteiger partial charge in [0.25, 0.3) is 0 Å². The Morgan fingerprint density at radius 2 is 2.05 bits per heavy atom. The zero-order valence-electron chi connectivity index (χ0n) is 13.3. The van der Waals surface area contributed by atoms with Gasteiger partial charge in [-0.05, 0) is 57.5 Å². The van der Waals surface area contributed by atoms with Gasteiger partial charge in [0.15, 0.2) is 0 Å². The number of nitrogens with two attached hydrogens (primary N) is 1. The molecule has 5 nitrogen and oxygen atoms in total. The molecule has 0 atom stereocenters. The first-order valence-corrected chi connectivity index (χ1v) is 8.12. The molecule has 22 heavy (non-hydrogen) atoms. The molecule has 2 N–H and O–H groups in total. The minimum Gasteiger partial charge on any atom is -0.493 e. The second-order valence-corrected chi connectivity index (χ2v) is 5.58. The number of esters is 1. The number of piperidine rings is 1. The molecular formula is C17H26N2O3. The largest absolute Gasteiger partial charge is 0.493 e. The first-order valence-electron chi connectivity index (χ1n) is 8.12. The summed E-state index contributed by atoms with van der Waals surface area (Å²) in [6, 6.07) is 5.09. The molecule has 0 bridgehead atoms. The van der Waals surface area contributed by atoms with Crippen molar-refractivity contribution in [3.8, 4) is 5.75 Å². The molecule has 1 saturated heterocycles. The Kier molecular flexibility index (Phi) is 6.52. The molecule has 0 spiro atoms. The summed E-state index contributed by atoms with van der Waals surface area (Å²) in [5.41, 5.74) is 6.68. The van der Waals surface area contributed by atoms with E-state index >= 15 is 0 Å². The quantitative estimate of drug-likeness (QED) is 0.477. The van der Waals surface area contributed by atoms with E-state index in [1.807, 2.05) is 0 Å². The summed E-state index contributed by atoms with van der Waals surface area (Å²) in [7, 11) is 0. The van der Waals surface area contributed by atoms with Gasteiger partial charge in [-0.3, -0.25) is 0 Å². The minimum atomic E-state index is -0.388. The van der Waals surface area contributed by atoms with Crippen LogP contribution in [0, 0.1) is 0 Å².